The van der Waals surface area contributed by atoms with Crippen LogP contribution in [0.3, 0.4) is 0 Å². The molecular formula is C13H15N7O. The fraction of sp³-hybridized carbons (Fsp3) is 0.308. The van der Waals surface area contributed by atoms with Crippen LogP contribution in [0.5, 0.6) is 0 Å². The number of nitrogens with zero attached hydrogens (tertiary/aromatic N) is 6. The predicted molar refractivity (Wildman–Crippen MR) is 75.1 cm³/mol. The summed E-state index contributed by atoms with van der Waals surface area (Å²) in [5, 5.41) is 10.7. The molecule has 21 heavy (non-hydrogen) atoms. The number of benzene rings is 1. The molecule has 0 spiro atoms. The average molecular weight is 285 g/mol. The van der Waals surface area contributed by atoms with Crippen LogP contribution in [0.2, 0.25) is 0 Å². The largest absolute Gasteiger partial charge is 0.340 e. The zero-order valence-corrected chi connectivity index (χ0v) is 11.8. The average Bonchev–Trinajstić information content (AvgIpc) is 3.07. The van der Waals surface area contributed by atoms with Crippen LogP contribution in [0.1, 0.15) is 11.4 Å². The van der Waals surface area contributed by atoms with Gasteiger partial charge in [-0.1, -0.05) is 6.07 Å². The lowest BCUT2D eigenvalue weighted by atomic mass is 10.2. The first kappa shape index (κ1) is 13.2. The Balaban J connectivity index is 1.70. The Morgan fingerprint density at radius 2 is 2.29 bits per heavy atom. The smallest absolute Gasteiger partial charge is 0.244 e. The first-order chi connectivity index (χ1) is 10.1. The number of aryl methyl sites for hydroxylation is 1. The van der Waals surface area contributed by atoms with Crippen molar-refractivity contribution in [2.75, 3.05) is 7.05 Å². The molecule has 0 unspecified atom stereocenters. The third-order valence-corrected chi connectivity index (χ3v) is 3.19. The number of hydrogen-bond donors (Lipinski definition) is 1. The van der Waals surface area contributed by atoms with E-state index in [1.807, 2.05) is 25.1 Å². The zero-order chi connectivity index (χ0) is 14.8. The Labute approximate surface area is 120 Å². The number of likely N-dealkylation sites (N-methyl/N-ethyl adjacent to an activating group) is 1. The molecule has 3 rings (SSSR count). The van der Waals surface area contributed by atoms with E-state index >= 15 is 0 Å². The van der Waals surface area contributed by atoms with E-state index in [9.17, 15) is 4.79 Å². The highest BCUT2D eigenvalue weighted by molar-refractivity contribution is 5.77. The van der Waals surface area contributed by atoms with Crippen molar-refractivity contribution in [2.45, 2.75) is 20.0 Å². The lowest BCUT2D eigenvalue weighted by molar-refractivity contribution is -0.131. The zero-order valence-electron chi connectivity index (χ0n) is 11.8. The van der Waals surface area contributed by atoms with Gasteiger partial charge >= 0.3 is 0 Å². The van der Waals surface area contributed by atoms with Crippen molar-refractivity contribution < 1.29 is 4.79 Å². The van der Waals surface area contributed by atoms with Crippen LogP contribution in [0.15, 0.2) is 24.5 Å². The Bertz CT molecular complexity index is 762. The van der Waals surface area contributed by atoms with Gasteiger partial charge in [0.05, 0.1) is 17.6 Å². The summed E-state index contributed by atoms with van der Waals surface area (Å²) in [6.45, 7) is 2.55. The molecule has 1 amide bonds. The van der Waals surface area contributed by atoms with Gasteiger partial charge in [-0.3, -0.25) is 4.79 Å². The molecule has 0 radical (unpaired) electrons. The molecule has 0 bridgehead atoms. The minimum absolute atomic E-state index is 0.0843. The molecule has 0 aliphatic rings. The molecule has 0 fully saturated rings. The minimum Gasteiger partial charge on any atom is -0.340 e. The van der Waals surface area contributed by atoms with Gasteiger partial charge in [-0.05, 0) is 35.0 Å². The molecule has 2 heterocycles. The number of rotatable bonds is 4. The molecular weight excluding hydrogens is 270 g/mol. The monoisotopic (exact) mass is 285 g/mol. The van der Waals surface area contributed by atoms with Gasteiger partial charge in [-0.25, -0.2) is 9.67 Å². The molecule has 1 aromatic carbocycles. The van der Waals surface area contributed by atoms with Gasteiger partial charge in [-0.15, -0.1) is 5.10 Å². The lowest BCUT2D eigenvalue weighted by Crippen LogP contribution is -2.30. The molecule has 1 N–H and O–H groups in total. The van der Waals surface area contributed by atoms with Gasteiger partial charge in [0.25, 0.3) is 0 Å². The molecule has 8 nitrogen and oxygen atoms in total. The van der Waals surface area contributed by atoms with E-state index in [0.717, 1.165) is 16.9 Å². The topological polar surface area (TPSA) is 92.6 Å². The molecule has 3 aromatic rings. The van der Waals surface area contributed by atoms with Gasteiger partial charge in [0, 0.05) is 7.05 Å². The van der Waals surface area contributed by atoms with Crippen LogP contribution in [-0.2, 0) is 17.9 Å². The van der Waals surface area contributed by atoms with E-state index in [1.54, 1.807) is 11.9 Å². The quantitative estimate of drug-likeness (QED) is 0.754. The van der Waals surface area contributed by atoms with Crippen molar-refractivity contribution in [3.8, 4) is 0 Å². The second-order valence-electron chi connectivity index (χ2n) is 4.96. The summed E-state index contributed by atoms with van der Waals surface area (Å²) in [6, 6.07) is 6.02. The number of aromatic amines is 1. The van der Waals surface area contributed by atoms with Gasteiger partial charge in [0.1, 0.15) is 18.7 Å². The van der Waals surface area contributed by atoms with Crippen LogP contribution >= 0.6 is 0 Å². The van der Waals surface area contributed by atoms with Crippen LogP contribution in [0.25, 0.3) is 11.0 Å². The fourth-order valence-corrected chi connectivity index (χ4v) is 2.08. The number of hydrogen-bond acceptors (Lipinski definition) is 5. The van der Waals surface area contributed by atoms with E-state index < -0.39 is 0 Å². The summed E-state index contributed by atoms with van der Waals surface area (Å²) in [5.74, 6) is 0.669. The minimum atomic E-state index is -0.0843. The van der Waals surface area contributed by atoms with E-state index in [0.29, 0.717) is 6.54 Å². The molecule has 0 saturated heterocycles. The number of carbonyl (C=O) groups is 1. The molecule has 0 aliphatic carbocycles. The summed E-state index contributed by atoms with van der Waals surface area (Å²) in [4.78, 5) is 21.3. The fourth-order valence-electron chi connectivity index (χ4n) is 2.08. The van der Waals surface area contributed by atoms with E-state index in [2.05, 4.69) is 25.5 Å². The summed E-state index contributed by atoms with van der Waals surface area (Å²) >= 11 is 0. The number of H-pyrrole nitrogens is 1. The van der Waals surface area contributed by atoms with Crippen molar-refractivity contribution in [1.29, 1.82) is 0 Å². The number of fused-ring (bicyclic) bond motifs is 1. The predicted octanol–water partition coefficient (Wildman–Crippen LogP) is 0.516. The number of imidazole rings is 1. The van der Waals surface area contributed by atoms with E-state index in [-0.39, 0.29) is 12.5 Å². The summed E-state index contributed by atoms with van der Waals surface area (Å²) < 4.78 is 1.39. The van der Waals surface area contributed by atoms with Gasteiger partial charge in [0.2, 0.25) is 5.91 Å². The Morgan fingerprint density at radius 1 is 1.43 bits per heavy atom. The Hall–Kier alpha value is -2.77. The Morgan fingerprint density at radius 3 is 3.05 bits per heavy atom. The van der Waals surface area contributed by atoms with E-state index in [4.69, 9.17) is 0 Å². The molecule has 0 atom stereocenters. The standard InChI is InChI=1S/C13H15N7O/c1-9-3-4-10-11(5-9)16-12(15-10)6-19(2)13(21)7-20-8-14-17-18-20/h3-5,8H,6-7H2,1-2H3,(H,15,16). The van der Waals surface area contributed by atoms with Gasteiger partial charge in [0.15, 0.2) is 0 Å². The van der Waals surface area contributed by atoms with Crippen molar-refractivity contribution >= 4 is 16.9 Å². The third-order valence-electron chi connectivity index (χ3n) is 3.19. The van der Waals surface area contributed by atoms with Crippen LogP contribution in [0, 0.1) is 6.92 Å². The maximum absolute atomic E-state index is 12.1. The van der Waals surface area contributed by atoms with Crippen LogP contribution < -0.4 is 0 Å². The van der Waals surface area contributed by atoms with Gasteiger partial charge < -0.3 is 9.88 Å². The van der Waals surface area contributed by atoms with E-state index in [1.165, 1.54) is 16.6 Å². The number of aromatic nitrogens is 6. The van der Waals surface area contributed by atoms with Gasteiger partial charge in [-0.2, -0.15) is 0 Å². The number of nitrogens with one attached hydrogen (secondary N) is 1. The molecule has 8 heteroatoms. The van der Waals surface area contributed by atoms with Crippen molar-refractivity contribution in [2.24, 2.45) is 0 Å². The highest BCUT2D eigenvalue weighted by Crippen LogP contribution is 2.14. The lowest BCUT2D eigenvalue weighted by Gasteiger charge is -2.15. The first-order valence-corrected chi connectivity index (χ1v) is 6.52. The maximum atomic E-state index is 12.1. The SMILES string of the molecule is Cc1ccc2nc(CN(C)C(=O)Cn3cnnn3)[nH]c2c1. The highest BCUT2D eigenvalue weighted by Gasteiger charge is 2.13. The third kappa shape index (κ3) is 2.88. The van der Waals surface area contributed by atoms with Crippen molar-refractivity contribution in [1.82, 2.24) is 35.1 Å². The van der Waals surface area contributed by atoms with Crippen LogP contribution in [-0.4, -0.2) is 48.0 Å². The first-order valence-electron chi connectivity index (χ1n) is 6.52. The summed E-state index contributed by atoms with van der Waals surface area (Å²) in [7, 11) is 1.73. The molecule has 0 aliphatic heterocycles. The normalized spacial score (nSPS) is 11.0. The maximum Gasteiger partial charge on any atom is 0.244 e. The Kier molecular flexibility index (Phi) is 3.35. The second-order valence-corrected chi connectivity index (χ2v) is 4.96. The highest BCUT2D eigenvalue weighted by atomic mass is 16.2. The molecule has 2 aromatic heterocycles. The molecule has 108 valence electrons. The number of amides is 1. The number of tetrazole rings is 1. The van der Waals surface area contributed by atoms with Crippen molar-refractivity contribution in [3.05, 3.63) is 35.9 Å². The molecule has 0 saturated carbocycles. The second kappa shape index (κ2) is 5.31. The summed E-state index contributed by atoms with van der Waals surface area (Å²) in [6.07, 6.45) is 1.41. The number of carbonyl (C=O) groups excluding carboxylic acids is 1. The summed E-state index contributed by atoms with van der Waals surface area (Å²) in [5.41, 5.74) is 3.05. The van der Waals surface area contributed by atoms with Crippen LogP contribution in [0.4, 0.5) is 0 Å². The van der Waals surface area contributed by atoms with Crippen molar-refractivity contribution in [3.63, 3.8) is 0 Å².